The quantitative estimate of drug-likeness (QED) is 0.800. The molecule has 3 nitrogen and oxygen atoms in total. The second kappa shape index (κ2) is 5.85. The Morgan fingerprint density at radius 3 is 2.29 bits per heavy atom. The van der Waals surface area contributed by atoms with E-state index in [1.165, 1.54) is 32.1 Å². The van der Waals surface area contributed by atoms with E-state index < -0.39 is 0 Å². The average molecular weight is 238 g/mol. The smallest absolute Gasteiger partial charge is 0.242 e. The molecule has 2 rings (SSSR count). The van der Waals surface area contributed by atoms with Gasteiger partial charge in [0.25, 0.3) is 0 Å². The summed E-state index contributed by atoms with van der Waals surface area (Å²) in [6.45, 7) is 5.10. The lowest BCUT2D eigenvalue weighted by molar-refractivity contribution is -0.138. The summed E-state index contributed by atoms with van der Waals surface area (Å²) in [5.74, 6) is 0.374. The van der Waals surface area contributed by atoms with E-state index in [2.05, 4.69) is 17.1 Å². The van der Waals surface area contributed by atoms with Crippen LogP contribution in [0, 0.1) is 0 Å². The fourth-order valence-corrected chi connectivity index (χ4v) is 3.19. The van der Waals surface area contributed by atoms with E-state index in [0.717, 1.165) is 38.9 Å². The van der Waals surface area contributed by atoms with Crippen LogP contribution < -0.4 is 5.32 Å². The van der Waals surface area contributed by atoms with Gasteiger partial charge in [-0.25, -0.2) is 0 Å². The molecule has 2 heterocycles. The number of carbonyl (C=O) groups excluding carboxylic acids is 1. The van der Waals surface area contributed by atoms with Gasteiger partial charge in [0, 0.05) is 13.1 Å². The van der Waals surface area contributed by atoms with Gasteiger partial charge in [-0.3, -0.25) is 4.79 Å². The molecule has 98 valence electrons. The molecule has 0 saturated carbocycles. The van der Waals surface area contributed by atoms with Gasteiger partial charge >= 0.3 is 0 Å². The third-order valence-corrected chi connectivity index (χ3v) is 4.40. The molecule has 0 aromatic heterocycles. The fourth-order valence-electron chi connectivity index (χ4n) is 3.19. The lowest BCUT2D eigenvalue weighted by Gasteiger charge is -2.35. The average Bonchev–Trinajstić information content (AvgIpc) is 2.77. The van der Waals surface area contributed by atoms with Crippen molar-refractivity contribution in [1.82, 2.24) is 10.2 Å². The first-order valence-corrected chi connectivity index (χ1v) is 7.33. The van der Waals surface area contributed by atoms with Crippen molar-refractivity contribution in [3.05, 3.63) is 0 Å². The Morgan fingerprint density at radius 1 is 1.12 bits per heavy atom. The monoisotopic (exact) mass is 238 g/mol. The minimum Gasteiger partial charge on any atom is -0.341 e. The Balaban J connectivity index is 2.00. The molecular formula is C14H26N2O. The van der Waals surface area contributed by atoms with E-state index in [1.54, 1.807) is 0 Å². The van der Waals surface area contributed by atoms with Gasteiger partial charge in [-0.15, -0.1) is 0 Å². The van der Waals surface area contributed by atoms with Crippen LogP contribution in [0.5, 0.6) is 0 Å². The standard InChI is InChI=1S/C14H26N2O/c1-2-14(9-8-10-15-14)13(17)16-11-6-4-3-5-7-12-16/h15H,2-12H2,1H3. The number of hydrogen-bond donors (Lipinski definition) is 1. The van der Waals surface area contributed by atoms with Gasteiger partial charge in [0.2, 0.25) is 5.91 Å². The Bertz CT molecular complexity index is 251. The molecule has 2 fully saturated rings. The van der Waals surface area contributed by atoms with Crippen LogP contribution in [0.15, 0.2) is 0 Å². The van der Waals surface area contributed by atoms with Gasteiger partial charge in [-0.05, 0) is 38.6 Å². The highest BCUT2D eigenvalue weighted by molar-refractivity contribution is 5.86. The lowest BCUT2D eigenvalue weighted by atomic mass is 9.91. The number of hydrogen-bond acceptors (Lipinski definition) is 2. The van der Waals surface area contributed by atoms with Crippen molar-refractivity contribution < 1.29 is 4.79 Å². The molecule has 1 N–H and O–H groups in total. The van der Waals surface area contributed by atoms with Crippen LogP contribution in [0.4, 0.5) is 0 Å². The van der Waals surface area contributed by atoms with Crippen molar-refractivity contribution in [3.8, 4) is 0 Å². The summed E-state index contributed by atoms with van der Waals surface area (Å²) in [5, 5.41) is 3.46. The molecule has 1 amide bonds. The zero-order valence-electron chi connectivity index (χ0n) is 11.1. The van der Waals surface area contributed by atoms with Gasteiger partial charge in [0.15, 0.2) is 0 Å². The molecule has 0 bridgehead atoms. The van der Waals surface area contributed by atoms with Gasteiger partial charge in [-0.1, -0.05) is 26.2 Å². The highest BCUT2D eigenvalue weighted by atomic mass is 16.2. The Kier molecular flexibility index (Phi) is 4.43. The second-order valence-electron chi connectivity index (χ2n) is 5.53. The predicted octanol–water partition coefficient (Wildman–Crippen LogP) is 2.31. The third kappa shape index (κ3) is 2.82. The number of carbonyl (C=O) groups is 1. The van der Waals surface area contributed by atoms with Gasteiger partial charge in [-0.2, -0.15) is 0 Å². The van der Waals surface area contributed by atoms with Crippen LogP contribution in [-0.4, -0.2) is 36.0 Å². The molecule has 2 aliphatic heterocycles. The van der Waals surface area contributed by atoms with Crippen molar-refractivity contribution in [3.63, 3.8) is 0 Å². The number of likely N-dealkylation sites (tertiary alicyclic amines) is 1. The lowest BCUT2D eigenvalue weighted by Crippen LogP contribution is -2.55. The summed E-state index contributed by atoms with van der Waals surface area (Å²) >= 11 is 0. The molecule has 2 saturated heterocycles. The van der Waals surface area contributed by atoms with Crippen LogP contribution >= 0.6 is 0 Å². The summed E-state index contributed by atoms with van der Waals surface area (Å²) in [5.41, 5.74) is -0.223. The Labute approximate surface area is 105 Å². The SMILES string of the molecule is CCC1(C(=O)N2CCCCCCC2)CCCN1. The molecule has 1 unspecified atom stereocenters. The number of rotatable bonds is 2. The maximum atomic E-state index is 12.7. The normalized spacial score (nSPS) is 31.0. The van der Waals surface area contributed by atoms with E-state index in [9.17, 15) is 4.79 Å². The molecule has 0 aromatic carbocycles. The number of nitrogens with zero attached hydrogens (tertiary/aromatic N) is 1. The van der Waals surface area contributed by atoms with Gasteiger partial charge in [0.1, 0.15) is 0 Å². The highest BCUT2D eigenvalue weighted by Crippen LogP contribution is 2.26. The molecule has 0 aliphatic carbocycles. The minimum atomic E-state index is -0.223. The predicted molar refractivity (Wildman–Crippen MR) is 69.9 cm³/mol. The molecule has 1 atom stereocenters. The zero-order valence-corrected chi connectivity index (χ0v) is 11.1. The summed E-state index contributed by atoms with van der Waals surface area (Å²) in [6.07, 6.45) is 9.40. The Morgan fingerprint density at radius 2 is 1.76 bits per heavy atom. The highest BCUT2D eigenvalue weighted by Gasteiger charge is 2.41. The summed E-state index contributed by atoms with van der Waals surface area (Å²) in [6, 6.07) is 0. The summed E-state index contributed by atoms with van der Waals surface area (Å²) in [7, 11) is 0. The number of nitrogens with one attached hydrogen (secondary N) is 1. The molecule has 17 heavy (non-hydrogen) atoms. The minimum absolute atomic E-state index is 0.223. The molecule has 2 aliphatic rings. The van der Waals surface area contributed by atoms with Crippen molar-refractivity contribution in [1.29, 1.82) is 0 Å². The molecular weight excluding hydrogens is 212 g/mol. The first-order valence-electron chi connectivity index (χ1n) is 7.33. The van der Waals surface area contributed by atoms with Gasteiger partial charge < -0.3 is 10.2 Å². The fraction of sp³-hybridized carbons (Fsp3) is 0.929. The van der Waals surface area contributed by atoms with E-state index >= 15 is 0 Å². The van der Waals surface area contributed by atoms with E-state index in [4.69, 9.17) is 0 Å². The van der Waals surface area contributed by atoms with Crippen molar-refractivity contribution in [2.24, 2.45) is 0 Å². The van der Waals surface area contributed by atoms with Crippen molar-refractivity contribution >= 4 is 5.91 Å². The number of amides is 1. The maximum absolute atomic E-state index is 12.7. The van der Waals surface area contributed by atoms with Crippen molar-refractivity contribution in [2.75, 3.05) is 19.6 Å². The van der Waals surface area contributed by atoms with Crippen LogP contribution in [0.25, 0.3) is 0 Å². The summed E-state index contributed by atoms with van der Waals surface area (Å²) < 4.78 is 0. The molecule has 0 radical (unpaired) electrons. The zero-order chi connectivity index (χ0) is 12.1. The third-order valence-electron chi connectivity index (χ3n) is 4.40. The molecule has 3 heteroatoms. The largest absolute Gasteiger partial charge is 0.341 e. The Hall–Kier alpha value is -0.570. The van der Waals surface area contributed by atoms with Crippen LogP contribution in [0.3, 0.4) is 0 Å². The van der Waals surface area contributed by atoms with Crippen LogP contribution in [0.1, 0.15) is 58.3 Å². The topological polar surface area (TPSA) is 32.3 Å². The molecule has 0 aromatic rings. The van der Waals surface area contributed by atoms with E-state index in [-0.39, 0.29) is 5.54 Å². The van der Waals surface area contributed by atoms with Crippen LogP contribution in [-0.2, 0) is 4.79 Å². The first kappa shape index (κ1) is 12.9. The summed E-state index contributed by atoms with van der Waals surface area (Å²) in [4.78, 5) is 14.8. The van der Waals surface area contributed by atoms with Crippen LogP contribution in [0.2, 0.25) is 0 Å². The van der Waals surface area contributed by atoms with E-state index in [1.807, 2.05) is 0 Å². The maximum Gasteiger partial charge on any atom is 0.242 e. The van der Waals surface area contributed by atoms with Gasteiger partial charge in [0.05, 0.1) is 5.54 Å². The van der Waals surface area contributed by atoms with Crippen molar-refractivity contribution in [2.45, 2.75) is 63.8 Å². The first-order chi connectivity index (χ1) is 8.28. The van der Waals surface area contributed by atoms with E-state index in [0.29, 0.717) is 5.91 Å². The molecule has 0 spiro atoms. The second-order valence-corrected chi connectivity index (χ2v) is 5.53.